The summed E-state index contributed by atoms with van der Waals surface area (Å²) in [5.41, 5.74) is 3.11. The molecule has 4 rings (SSSR count). The zero-order valence-electron chi connectivity index (χ0n) is 15.3. The molecule has 0 radical (unpaired) electrons. The lowest BCUT2D eigenvalue weighted by Gasteiger charge is -2.20. The lowest BCUT2D eigenvalue weighted by atomic mass is 10.1. The smallest absolute Gasteiger partial charge is 0.253 e. The molecule has 1 aliphatic rings. The number of carbonyl (C=O) groups excluding carboxylic acids is 1. The largest absolute Gasteiger partial charge is 0.486 e. The lowest BCUT2D eigenvalue weighted by Crippen LogP contribution is -2.24. The third-order valence-corrected chi connectivity index (χ3v) is 5.09. The highest BCUT2D eigenvalue weighted by Gasteiger charge is 2.18. The normalized spacial score (nSPS) is 12.9. The van der Waals surface area contributed by atoms with E-state index in [1.807, 2.05) is 12.1 Å². The first kappa shape index (κ1) is 18.6. The van der Waals surface area contributed by atoms with Gasteiger partial charge in [-0.1, -0.05) is 0 Å². The minimum atomic E-state index is -0.530. The number of ether oxygens (including phenoxy) is 2. The second-order valence-corrected chi connectivity index (χ2v) is 7.35. The minimum absolute atomic E-state index is 0.155. The van der Waals surface area contributed by atoms with Crippen molar-refractivity contribution in [1.82, 2.24) is 15.3 Å². The minimum Gasteiger partial charge on any atom is -0.486 e. The number of carbonyl (C=O) groups is 1. The molecular formula is C20H17BrFN3O3. The van der Waals surface area contributed by atoms with Crippen LogP contribution in [0, 0.1) is 19.7 Å². The van der Waals surface area contributed by atoms with E-state index in [-0.39, 0.29) is 12.1 Å². The number of rotatable bonds is 3. The number of fused-ring (bicyclic) bond motifs is 2. The lowest BCUT2D eigenvalue weighted by molar-refractivity contribution is 0.0952. The van der Waals surface area contributed by atoms with Gasteiger partial charge >= 0.3 is 0 Å². The van der Waals surface area contributed by atoms with E-state index < -0.39 is 11.7 Å². The van der Waals surface area contributed by atoms with Crippen LogP contribution in [0.1, 0.15) is 27.3 Å². The third kappa shape index (κ3) is 3.52. The van der Waals surface area contributed by atoms with Crippen molar-refractivity contribution in [1.29, 1.82) is 0 Å². The van der Waals surface area contributed by atoms with Crippen LogP contribution >= 0.6 is 15.9 Å². The van der Waals surface area contributed by atoms with Gasteiger partial charge in [-0.05, 0) is 53.5 Å². The number of hydrogen-bond acceptors (Lipinski definition) is 5. The Kier molecular flexibility index (Phi) is 4.89. The first-order valence-electron chi connectivity index (χ1n) is 8.73. The molecule has 1 aliphatic heterocycles. The van der Waals surface area contributed by atoms with Crippen molar-refractivity contribution in [3.63, 3.8) is 0 Å². The monoisotopic (exact) mass is 445 g/mol. The van der Waals surface area contributed by atoms with E-state index in [0.717, 1.165) is 10.0 Å². The molecule has 2 aromatic carbocycles. The summed E-state index contributed by atoms with van der Waals surface area (Å²) >= 11 is 3.46. The van der Waals surface area contributed by atoms with E-state index in [1.54, 1.807) is 13.8 Å². The van der Waals surface area contributed by atoms with Gasteiger partial charge in [0.05, 0.1) is 26.9 Å². The van der Waals surface area contributed by atoms with Crippen LogP contribution in [0.15, 0.2) is 28.7 Å². The first-order valence-corrected chi connectivity index (χ1v) is 9.52. The molecule has 144 valence electrons. The van der Waals surface area contributed by atoms with Crippen LogP contribution < -0.4 is 14.8 Å². The van der Waals surface area contributed by atoms with Gasteiger partial charge in [0.15, 0.2) is 11.5 Å². The Morgan fingerprint density at radius 3 is 2.71 bits per heavy atom. The number of aryl methyl sites for hydroxylation is 2. The van der Waals surface area contributed by atoms with Gasteiger partial charge in [0, 0.05) is 12.6 Å². The SMILES string of the molecule is Cc1nc2cc(F)cc(C(=O)NCc3cc(Br)c4c(c3)OCCO4)c2nc1C. The summed E-state index contributed by atoms with van der Waals surface area (Å²) in [4.78, 5) is 21.5. The standard InChI is InChI=1S/C20H17BrFN3O3/c1-10-11(2)25-18-14(7-13(22)8-16(18)24-10)20(26)23-9-12-5-15(21)19-17(6-12)27-3-4-28-19/h5-8H,3-4,9H2,1-2H3,(H,23,26). The van der Waals surface area contributed by atoms with Crippen molar-refractivity contribution >= 4 is 32.9 Å². The van der Waals surface area contributed by atoms with Crippen LogP contribution in [-0.4, -0.2) is 29.1 Å². The zero-order valence-corrected chi connectivity index (χ0v) is 16.9. The van der Waals surface area contributed by atoms with Crippen LogP contribution in [0.4, 0.5) is 4.39 Å². The second-order valence-electron chi connectivity index (χ2n) is 6.50. The van der Waals surface area contributed by atoms with E-state index in [2.05, 4.69) is 31.2 Å². The van der Waals surface area contributed by atoms with E-state index in [9.17, 15) is 9.18 Å². The molecule has 6 nitrogen and oxygen atoms in total. The van der Waals surface area contributed by atoms with Gasteiger partial charge in [-0.3, -0.25) is 4.79 Å². The molecule has 0 saturated heterocycles. The molecule has 0 saturated carbocycles. The molecule has 0 spiro atoms. The van der Waals surface area contributed by atoms with Crippen molar-refractivity contribution < 1.29 is 18.7 Å². The van der Waals surface area contributed by atoms with Crippen LogP contribution in [0.25, 0.3) is 11.0 Å². The summed E-state index contributed by atoms with van der Waals surface area (Å²) in [5, 5.41) is 2.81. The summed E-state index contributed by atoms with van der Waals surface area (Å²) in [6.45, 7) is 4.81. The van der Waals surface area contributed by atoms with Crippen LogP contribution in [0.5, 0.6) is 11.5 Å². The van der Waals surface area contributed by atoms with Gasteiger partial charge in [0.25, 0.3) is 5.91 Å². The Bertz CT molecular complexity index is 1100. The average Bonchev–Trinajstić information content (AvgIpc) is 2.67. The average molecular weight is 446 g/mol. The molecule has 0 bridgehead atoms. The van der Waals surface area contributed by atoms with Gasteiger partial charge in [0.1, 0.15) is 24.5 Å². The molecule has 28 heavy (non-hydrogen) atoms. The first-order chi connectivity index (χ1) is 13.4. The van der Waals surface area contributed by atoms with Crippen molar-refractivity contribution in [2.24, 2.45) is 0 Å². The highest BCUT2D eigenvalue weighted by atomic mass is 79.9. The fourth-order valence-electron chi connectivity index (χ4n) is 3.01. The number of nitrogens with one attached hydrogen (secondary N) is 1. The summed E-state index contributed by atoms with van der Waals surface area (Å²) < 4.78 is 25.9. The number of halogens is 2. The predicted octanol–water partition coefficient (Wildman–Crippen LogP) is 3.85. The van der Waals surface area contributed by atoms with Gasteiger partial charge in [-0.15, -0.1) is 0 Å². The number of amides is 1. The predicted molar refractivity (Wildman–Crippen MR) is 105 cm³/mol. The maximum atomic E-state index is 14.0. The number of nitrogens with zero attached hydrogens (tertiary/aromatic N) is 2. The van der Waals surface area contributed by atoms with Gasteiger partial charge in [-0.2, -0.15) is 0 Å². The molecule has 1 aromatic heterocycles. The zero-order chi connectivity index (χ0) is 19.8. The van der Waals surface area contributed by atoms with Crippen molar-refractivity contribution in [2.75, 3.05) is 13.2 Å². The highest BCUT2D eigenvalue weighted by Crippen LogP contribution is 2.38. The maximum absolute atomic E-state index is 14.0. The molecule has 0 unspecified atom stereocenters. The van der Waals surface area contributed by atoms with E-state index in [1.165, 1.54) is 12.1 Å². The number of hydrogen-bond donors (Lipinski definition) is 1. The molecule has 0 atom stereocenters. The summed E-state index contributed by atoms with van der Waals surface area (Å²) in [6.07, 6.45) is 0. The summed E-state index contributed by atoms with van der Waals surface area (Å²) in [5.74, 6) is 0.321. The third-order valence-electron chi connectivity index (χ3n) is 4.50. The Balaban J connectivity index is 1.61. The fourth-order valence-corrected chi connectivity index (χ4v) is 3.62. The summed E-state index contributed by atoms with van der Waals surface area (Å²) in [7, 11) is 0. The molecule has 0 aliphatic carbocycles. The molecule has 0 fully saturated rings. The molecule has 8 heteroatoms. The van der Waals surface area contributed by atoms with Crippen LogP contribution in [0.3, 0.4) is 0 Å². The van der Waals surface area contributed by atoms with Crippen molar-refractivity contribution in [3.8, 4) is 11.5 Å². The molecule has 3 aromatic rings. The maximum Gasteiger partial charge on any atom is 0.253 e. The fraction of sp³-hybridized carbons (Fsp3) is 0.250. The molecule has 1 amide bonds. The summed E-state index contributed by atoms with van der Waals surface area (Å²) in [6, 6.07) is 6.13. The second kappa shape index (κ2) is 7.35. The quantitative estimate of drug-likeness (QED) is 0.662. The molecule has 2 heterocycles. The Hall–Kier alpha value is -2.74. The van der Waals surface area contributed by atoms with E-state index in [0.29, 0.717) is 47.1 Å². The van der Waals surface area contributed by atoms with Gasteiger partial charge in [0.2, 0.25) is 0 Å². The highest BCUT2D eigenvalue weighted by molar-refractivity contribution is 9.10. The van der Waals surface area contributed by atoms with E-state index in [4.69, 9.17) is 9.47 Å². The Morgan fingerprint density at radius 2 is 1.89 bits per heavy atom. The Labute approximate surface area is 169 Å². The van der Waals surface area contributed by atoms with Crippen LogP contribution in [0.2, 0.25) is 0 Å². The number of aromatic nitrogens is 2. The van der Waals surface area contributed by atoms with Gasteiger partial charge in [-0.25, -0.2) is 14.4 Å². The van der Waals surface area contributed by atoms with Crippen LogP contribution in [-0.2, 0) is 6.54 Å². The number of benzene rings is 2. The molecule has 1 N–H and O–H groups in total. The van der Waals surface area contributed by atoms with Gasteiger partial charge < -0.3 is 14.8 Å². The van der Waals surface area contributed by atoms with Crippen molar-refractivity contribution in [2.45, 2.75) is 20.4 Å². The Morgan fingerprint density at radius 1 is 1.14 bits per heavy atom. The van der Waals surface area contributed by atoms with E-state index >= 15 is 0 Å². The topological polar surface area (TPSA) is 73.3 Å². The molecular weight excluding hydrogens is 429 g/mol. The van der Waals surface area contributed by atoms with Crippen molar-refractivity contribution in [3.05, 3.63) is 57.1 Å².